The third kappa shape index (κ3) is 2.40. The largest absolute Gasteiger partial charge is 0.330 e. The molecule has 78 valence electrons. The van der Waals surface area contributed by atoms with Gasteiger partial charge in [-0.2, -0.15) is 0 Å². The first kappa shape index (κ1) is 10.3. The minimum absolute atomic E-state index is 0.643. The molecule has 0 saturated carbocycles. The van der Waals surface area contributed by atoms with E-state index in [9.17, 15) is 0 Å². The van der Waals surface area contributed by atoms with Crippen molar-refractivity contribution in [1.82, 2.24) is 9.97 Å². The van der Waals surface area contributed by atoms with Gasteiger partial charge in [0.15, 0.2) is 0 Å². The maximum absolute atomic E-state index is 5.48. The predicted molar refractivity (Wildman–Crippen MR) is 62.8 cm³/mol. The van der Waals surface area contributed by atoms with E-state index in [0.717, 1.165) is 22.8 Å². The lowest BCUT2D eigenvalue weighted by molar-refractivity contribution is 0.936. The van der Waals surface area contributed by atoms with E-state index in [4.69, 9.17) is 5.73 Å². The minimum atomic E-state index is 0.643. The van der Waals surface area contributed by atoms with Gasteiger partial charge >= 0.3 is 0 Å². The lowest BCUT2D eigenvalue weighted by Crippen LogP contribution is -2.02. The molecule has 2 heterocycles. The molecule has 0 atom stereocenters. The Bertz CT molecular complexity index is 451. The summed E-state index contributed by atoms with van der Waals surface area (Å²) in [7, 11) is 0. The van der Waals surface area contributed by atoms with Crippen LogP contribution in [0.3, 0.4) is 0 Å². The van der Waals surface area contributed by atoms with Crippen LogP contribution in [-0.4, -0.2) is 16.5 Å². The minimum Gasteiger partial charge on any atom is -0.330 e. The summed E-state index contributed by atoms with van der Waals surface area (Å²) in [6, 6.07) is 4.03. The fourth-order valence-electron chi connectivity index (χ4n) is 1.34. The summed E-state index contributed by atoms with van der Waals surface area (Å²) in [5.41, 5.74) is 8.69. The van der Waals surface area contributed by atoms with Crippen LogP contribution >= 0.6 is 11.3 Å². The third-order valence-corrected chi connectivity index (χ3v) is 3.00. The fourth-order valence-corrected chi connectivity index (χ4v) is 2.16. The molecule has 4 heteroatoms. The Morgan fingerprint density at radius 2 is 2.33 bits per heavy atom. The van der Waals surface area contributed by atoms with Gasteiger partial charge in [-0.25, -0.2) is 4.98 Å². The van der Waals surface area contributed by atoms with Crippen molar-refractivity contribution in [2.45, 2.75) is 13.3 Å². The van der Waals surface area contributed by atoms with E-state index < -0.39 is 0 Å². The van der Waals surface area contributed by atoms with Crippen LogP contribution in [0.4, 0.5) is 0 Å². The standard InChI is InChI=1S/C11H13N3S/c1-8-3-5-13-10(6-8)11-14-9(2-4-12)7-15-11/h3,5-7H,2,4,12H2,1H3. The van der Waals surface area contributed by atoms with Crippen LogP contribution in [0.5, 0.6) is 0 Å². The van der Waals surface area contributed by atoms with Crippen molar-refractivity contribution in [3.05, 3.63) is 35.0 Å². The van der Waals surface area contributed by atoms with Crippen LogP contribution < -0.4 is 5.73 Å². The number of nitrogens with two attached hydrogens (primary N) is 1. The van der Waals surface area contributed by atoms with Crippen molar-refractivity contribution in [3.63, 3.8) is 0 Å². The van der Waals surface area contributed by atoms with E-state index in [1.807, 2.05) is 23.7 Å². The van der Waals surface area contributed by atoms with Crippen molar-refractivity contribution in [2.24, 2.45) is 5.73 Å². The SMILES string of the molecule is Cc1ccnc(-c2nc(CCN)cs2)c1. The molecule has 0 aromatic carbocycles. The molecule has 0 amide bonds. The van der Waals surface area contributed by atoms with Gasteiger partial charge in [0.1, 0.15) is 5.01 Å². The highest BCUT2D eigenvalue weighted by Gasteiger charge is 2.05. The number of hydrogen-bond acceptors (Lipinski definition) is 4. The Balaban J connectivity index is 2.29. The van der Waals surface area contributed by atoms with Gasteiger partial charge in [0.2, 0.25) is 0 Å². The smallest absolute Gasteiger partial charge is 0.142 e. The lowest BCUT2D eigenvalue weighted by Gasteiger charge is -1.96. The van der Waals surface area contributed by atoms with Gasteiger partial charge in [-0.05, 0) is 31.2 Å². The number of hydrogen-bond donors (Lipinski definition) is 1. The number of nitrogens with zero attached hydrogens (tertiary/aromatic N) is 2. The summed E-state index contributed by atoms with van der Waals surface area (Å²) < 4.78 is 0. The maximum atomic E-state index is 5.48. The highest BCUT2D eigenvalue weighted by molar-refractivity contribution is 7.13. The molecule has 2 N–H and O–H groups in total. The maximum Gasteiger partial charge on any atom is 0.142 e. The normalized spacial score (nSPS) is 10.5. The van der Waals surface area contributed by atoms with Gasteiger partial charge in [0, 0.05) is 18.0 Å². The molecule has 2 rings (SSSR count). The van der Waals surface area contributed by atoms with E-state index >= 15 is 0 Å². The molecule has 0 spiro atoms. The summed E-state index contributed by atoms with van der Waals surface area (Å²) >= 11 is 1.62. The molecule has 0 saturated heterocycles. The van der Waals surface area contributed by atoms with E-state index in [0.29, 0.717) is 6.54 Å². The molecule has 0 bridgehead atoms. The van der Waals surface area contributed by atoms with Crippen LogP contribution in [0, 0.1) is 6.92 Å². The zero-order valence-electron chi connectivity index (χ0n) is 8.60. The van der Waals surface area contributed by atoms with Crippen molar-refractivity contribution in [1.29, 1.82) is 0 Å². The molecule has 3 nitrogen and oxygen atoms in total. The van der Waals surface area contributed by atoms with E-state index in [2.05, 4.69) is 16.9 Å². The van der Waals surface area contributed by atoms with E-state index in [-0.39, 0.29) is 0 Å². The number of aryl methyl sites for hydroxylation is 1. The second kappa shape index (κ2) is 4.51. The zero-order valence-corrected chi connectivity index (χ0v) is 9.42. The molecule has 0 unspecified atom stereocenters. The van der Waals surface area contributed by atoms with Crippen LogP contribution in [0.1, 0.15) is 11.3 Å². The van der Waals surface area contributed by atoms with Gasteiger partial charge < -0.3 is 5.73 Å². The Labute approximate surface area is 93.0 Å². The van der Waals surface area contributed by atoms with Gasteiger partial charge in [0.25, 0.3) is 0 Å². The number of aromatic nitrogens is 2. The molecule has 2 aromatic rings. The van der Waals surface area contributed by atoms with E-state index in [1.54, 1.807) is 11.3 Å². The first-order valence-corrected chi connectivity index (χ1v) is 5.75. The van der Waals surface area contributed by atoms with Crippen LogP contribution in [0.15, 0.2) is 23.7 Å². The second-order valence-corrected chi connectivity index (χ2v) is 4.26. The Morgan fingerprint density at radius 1 is 1.47 bits per heavy atom. The van der Waals surface area contributed by atoms with Gasteiger partial charge in [-0.3, -0.25) is 4.98 Å². The average molecular weight is 219 g/mol. The first-order valence-electron chi connectivity index (χ1n) is 4.87. The molecule has 0 fully saturated rings. The molecular weight excluding hydrogens is 206 g/mol. The highest BCUT2D eigenvalue weighted by Crippen LogP contribution is 2.22. The lowest BCUT2D eigenvalue weighted by atomic mass is 10.2. The van der Waals surface area contributed by atoms with Crippen molar-refractivity contribution in [3.8, 4) is 10.7 Å². The average Bonchev–Trinajstić information content (AvgIpc) is 2.67. The van der Waals surface area contributed by atoms with Gasteiger partial charge in [0.05, 0.1) is 11.4 Å². The van der Waals surface area contributed by atoms with Crippen LogP contribution in [0.2, 0.25) is 0 Å². The summed E-state index contributed by atoms with van der Waals surface area (Å²) in [5, 5.41) is 3.02. The Kier molecular flexibility index (Phi) is 3.08. The summed E-state index contributed by atoms with van der Waals surface area (Å²) in [6.45, 7) is 2.70. The quantitative estimate of drug-likeness (QED) is 0.859. The monoisotopic (exact) mass is 219 g/mol. The van der Waals surface area contributed by atoms with E-state index in [1.165, 1.54) is 5.56 Å². The molecule has 0 aliphatic heterocycles. The number of thiazole rings is 1. The Morgan fingerprint density at radius 3 is 3.07 bits per heavy atom. The third-order valence-electron chi connectivity index (χ3n) is 2.09. The second-order valence-electron chi connectivity index (χ2n) is 3.40. The van der Waals surface area contributed by atoms with Crippen LogP contribution in [-0.2, 0) is 6.42 Å². The van der Waals surface area contributed by atoms with Gasteiger partial charge in [-0.15, -0.1) is 11.3 Å². The Hall–Kier alpha value is -1.26. The summed E-state index contributed by atoms with van der Waals surface area (Å²) in [5.74, 6) is 0. The molecule has 0 radical (unpaired) electrons. The highest BCUT2D eigenvalue weighted by atomic mass is 32.1. The van der Waals surface area contributed by atoms with Crippen molar-refractivity contribution < 1.29 is 0 Å². The predicted octanol–water partition coefficient (Wildman–Crippen LogP) is 2.01. The fraction of sp³-hybridized carbons (Fsp3) is 0.273. The molecular formula is C11H13N3S. The van der Waals surface area contributed by atoms with Crippen molar-refractivity contribution in [2.75, 3.05) is 6.54 Å². The number of rotatable bonds is 3. The first-order chi connectivity index (χ1) is 7.29. The molecule has 0 aliphatic rings. The van der Waals surface area contributed by atoms with Gasteiger partial charge in [-0.1, -0.05) is 0 Å². The zero-order chi connectivity index (χ0) is 10.7. The van der Waals surface area contributed by atoms with Crippen LogP contribution in [0.25, 0.3) is 10.7 Å². The number of pyridine rings is 1. The molecule has 0 aliphatic carbocycles. The topological polar surface area (TPSA) is 51.8 Å². The summed E-state index contributed by atoms with van der Waals surface area (Å²) in [4.78, 5) is 8.79. The van der Waals surface area contributed by atoms with Crippen molar-refractivity contribution >= 4 is 11.3 Å². The molecule has 15 heavy (non-hydrogen) atoms. The molecule has 2 aromatic heterocycles. The summed E-state index contributed by atoms with van der Waals surface area (Å²) in [6.07, 6.45) is 2.65.